The number of carbonyl (C=O) groups excluding carboxylic acids is 1. The molecule has 154 valence electrons. The standard InChI is InChI=1S/C23H27FN2O3/c1-4-25(20(16(2)3)15-17-9-11-18(24)12-10-17)22(27)13-14-26-19-7-5-6-8-21(19)29-23(26)28/h5-12,16,20H,4,13-15H2,1-3H3/t20-/m1/s1. The van der Waals surface area contributed by atoms with E-state index in [0.717, 1.165) is 5.56 Å². The molecule has 5 nitrogen and oxygen atoms in total. The molecular weight excluding hydrogens is 371 g/mol. The molecule has 1 heterocycles. The van der Waals surface area contributed by atoms with Crippen LogP contribution in [0.3, 0.4) is 0 Å². The monoisotopic (exact) mass is 398 g/mol. The molecule has 0 N–H and O–H groups in total. The predicted molar refractivity (Wildman–Crippen MR) is 111 cm³/mol. The summed E-state index contributed by atoms with van der Waals surface area (Å²) in [5, 5.41) is 0. The first-order valence-corrected chi connectivity index (χ1v) is 10.0. The number of benzene rings is 2. The number of aryl methyl sites for hydroxylation is 1. The molecule has 0 aliphatic heterocycles. The minimum absolute atomic E-state index is 0.00391. The van der Waals surface area contributed by atoms with Crippen LogP contribution in [0.5, 0.6) is 0 Å². The Morgan fingerprint density at radius 3 is 2.48 bits per heavy atom. The van der Waals surface area contributed by atoms with Gasteiger partial charge in [-0.25, -0.2) is 9.18 Å². The maximum atomic E-state index is 13.2. The molecule has 0 unspecified atom stereocenters. The van der Waals surface area contributed by atoms with E-state index in [-0.39, 0.29) is 36.6 Å². The summed E-state index contributed by atoms with van der Waals surface area (Å²) in [6.07, 6.45) is 0.871. The molecule has 1 aromatic heterocycles. The summed E-state index contributed by atoms with van der Waals surface area (Å²) in [4.78, 5) is 27.0. The van der Waals surface area contributed by atoms with Crippen molar-refractivity contribution >= 4 is 17.0 Å². The number of amides is 1. The van der Waals surface area contributed by atoms with Crippen LogP contribution < -0.4 is 5.76 Å². The summed E-state index contributed by atoms with van der Waals surface area (Å²) < 4.78 is 20.0. The topological polar surface area (TPSA) is 55.5 Å². The first-order valence-electron chi connectivity index (χ1n) is 10.0. The van der Waals surface area contributed by atoms with E-state index in [0.29, 0.717) is 24.1 Å². The SMILES string of the molecule is CCN(C(=O)CCn1c(=O)oc2ccccc21)[C@H](Cc1ccc(F)cc1)C(C)C. The van der Waals surface area contributed by atoms with Crippen molar-refractivity contribution in [2.45, 2.75) is 46.2 Å². The zero-order valence-corrected chi connectivity index (χ0v) is 17.1. The molecular formula is C23H27FN2O3. The van der Waals surface area contributed by atoms with Crippen molar-refractivity contribution in [2.24, 2.45) is 5.92 Å². The summed E-state index contributed by atoms with van der Waals surface area (Å²) in [6.45, 7) is 6.96. The number of nitrogens with zero attached hydrogens (tertiary/aromatic N) is 2. The third-order valence-electron chi connectivity index (χ3n) is 5.31. The number of aromatic nitrogens is 1. The van der Waals surface area contributed by atoms with Gasteiger partial charge in [0.05, 0.1) is 5.52 Å². The number of hydrogen-bond acceptors (Lipinski definition) is 3. The Labute approximate surface area is 169 Å². The van der Waals surface area contributed by atoms with Crippen molar-refractivity contribution in [1.29, 1.82) is 0 Å². The summed E-state index contributed by atoms with van der Waals surface area (Å²) in [5.41, 5.74) is 2.21. The third kappa shape index (κ3) is 4.75. The number of hydrogen-bond donors (Lipinski definition) is 0. The number of halogens is 1. The molecule has 0 aliphatic carbocycles. The van der Waals surface area contributed by atoms with Crippen LogP contribution in [0.25, 0.3) is 11.1 Å². The number of carbonyl (C=O) groups is 1. The van der Waals surface area contributed by atoms with E-state index in [9.17, 15) is 14.0 Å². The molecule has 0 fully saturated rings. The molecule has 0 radical (unpaired) electrons. The van der Waals surface area contributed by atoms with Crippen molar-refractivity contribution in [1.82, 2.24) is 9.47 Å². The smallest absolute Gasteiger partial charge is 0.408 e. The lowest BCUT2D eigenvalue weighted by molar-refractivity contribution is -0.134. The molecule has 0 bridgehead atoms. The molecule has 0 aliphatic rings. The van der Waals surface area contributed by atoms with Crippen molar-refractivity contribution in [3.63, 3.8) is 0 Å². The van der Waals surface area contributed by atoms with Crippen LogP contribution in [0, 0.1) is 11.7 Å². The lowest BCUT2D eigenvalue weighted by Gasteiger charge is -2.34. The molecule has 29 heavy (non-hydrogen) atoms. The normalized spacial score (nSPS) is 12.4. The second-order valence-electron chi connectivity index (χ2n) is 7.56. The first kappa shape index (κ1) is 20.8. The second kappa shape index (κ2) is 9.07. The van der Waals surface area contributed by atoms with Crippen LogP contribution >= 0.6 is 0 Å². The second-order valence-corrected chi connectivity index (χ2v) is 7.56. The highest BCUT2D eigenvalue weighted by Crippen LogP contribution is 2.19. The maximum absolute atomic E-state index is 13.2. The number of para-hydroxylation sites is 2. The average Bonchev–Trinajstić information content (AvgIpc) is 3.02. The molecule has 0 spiro atoms. The Kier molecular flexibility index (Phi) is 6.52. The Morgan fingerprint density at radius 1 is 1.14 bits per heavy atom. The quantitative estimate of drug-likeness (QED) is 0.570. The minimum atomic E-state index is -0.450. The average molecular weight is 398 g/mol. The third-order valence-corrected chi connectivity index (χ3v) is 5.31. The molecule has 1 atom stereocenters. The van der Waals surface area contributed by atoms with E-state index in [2.05, 4.69) is 13.8 Å². The number of likely N-dealkylation sites (N-methyl/N-ethyl adjacent to an activating group) is 1. The van der Waals surface area contributed by atoms with E-state index < -0.39 is 5.76 Å². The number of oxazole rings is 1. The fourth-order valence-corrected chi connectivity index (χ4v) is 3.74. The highest BCUT2D eigenvalue weighted by Gasteiger charge is 2.25. The fourth-order valence-electron chi connectivity index (χ4n) is 3.74. The van der Waals surface area contributed by atoms with Gasteiger partial charge in [0.1, 0.15) is 5.82 Å². The maximum Gasteiger partial charge on any atom is 0.419 e. The zero-order valence-electron chi connectivity index (χ0n) is 17.1. The van der Waals surface area contributed by atoms with Crippen molar-refractivity contribution in [3.8, 4) is 0 Å². The molecule has 0 saturated heterocycles. The Balaban J connectivity index is 1.74. The molecule has 6 heteroatoms. The first-order chi connectivity index (χ1) is 13.9. The molecule has 2 aromatic carbocycles. The Bertz CT molecular complexity index is 1020. The van der Waals surface area contributed by atoms with Crippen LogP contribution in [0.2, 0.25) is 0 Å². The van der Waals surface area contributed by atoms with Crippen molar-refractivity contribution < 1.29 is 13.6 Å². The highest BCUT2D eigenvalue weighted by molar-refractivity contribution is 5.77. The van der Waals surface area contributed by atoms with Crippen LogP contribution in [-0.4, -0.2) is 28.0 Å². The molecule has 0 saturated carbocycles. The summed E-state index contributed by atoms with van der Waals surface area (Å²) in [7, 11) is 0. The lowest BCUT2D eigenvalue weighted by atomic mass is 9.94. The van der Waals surface area contributed by atoms with Gasteiger partial charge < -0.3 is 9.32 Å². The number of rotatable bonds is 8. The van der Waals surface area contributed by atoms with Gasteiger partial charge in [-0.05, 0) is 49.1 Å². The van der Waals surface area contributed by atoms with Gasteiger partial charge in [0.25, 0.3) is 0 Å². The summed E-state index contributed by atoms with van der Waals surface area (Å²) >= 11 is 0. The van der Waals surface area contributed by atoms with E-state index >= 15 is 0 Å². The summed E-state index contributed by atoms with van der Waals surface area (Å²) in [5.74, 6) is -0.489. The van der Waals surface area contributed by atoms with Crippen molar-refractivity contribution in [2.75, 3.05) is 6.54 Å². The van der Waals surface area contributed by atoms with Crippen LogP contribution in [0.1, 0.15) is 32.8 Å². The predicted octanol–water partition coefficient (Wildman–Crippen LogP) is 4.24. The molecule has 1 amide bonds. The van der Waals surface area contributed by atoms with Crippen LogP contribution in [-0.2, 0) is 17.8 Å². The van der Waals surface area contributed by atoms with E-state index in [1.807, 2.05) is 30.0 Å². The Hall–Kier alpha value is -2.89. The summed E-state index contributed by atoms with van der Waals surface area (Å²) in [6, 6.07) is 13.6. The van der Waals surface area contributed by atoms with Gasteiger partial charge in [0, 0.05) is 25.6 Å². The largest absolute Gasteiger partial charge is 0.419 e. The number of fused-ring (bicyclic) bond motifs is 1. The zero-order chi connectivity index (χ0) is 21.0. The van der Waals surface area contributed by atoms with E-state index in [1.165, 1.54) is 16.7 Å². The van der Waals surface area contributed by atoms with E-state index in [1.54, 1.807) is 18.2 Å². The van der Waals surface area contributed by atoms with Gasteiger partial charge in [0.2, 0.25) is 5.91 Å². The fraction of sp³-hybridized carbons (Fsp3) is 0.391. The van der Waals surface area contributed by atoms with Gasteiger partial charge >= 0.3 is 5.76 Å². The van der Waals surface area contributed by atoms with Gasteiger partial charge in [-0.15, -0.1) is 0 Å². The minimum Gasteiger partial charge on any atom is -0.408 e. The van der Waals surface area contributed by atoms with Crippen molar-refractivity contribution in [3.05, 3.63) is 70.5 Å². The van der Waals surface area contributed by atoms with Crippen LogP contribution in [0.15, 0.2) is 57.7 Å². The van der Waals surface area contributed by atoms with Gasteiger partial charge in [-0.2, -0.15) is 0 Å². The lowest BCUT2D eigenvalue weighted by Crippen LogP contribution is -2.45. The van der Waals surface area contributed by atoms with Gasteiger partial charge in [-0.1, -0.05) is 38.1 Å². The van der Waals surface area contributed by atoms with Gasteiger partial charge in [-0.3, -0.25) is 9.36 Å². The van der Waals surface area contributed by atoms with E-state index in [4.69, 9.17) is 4.42 Å². The van der Waals surface area contributed by atoms with Crippen LogP contribution in [0.4, 0.5) is 4.39 Å². The van der Waals surface area contributed by atoms with Gasteiger partial charge in [0.15, 0.2) is 5.58 Å². The Morgan fingerprint density at radius 2 is 1.83 bits per heavy atom. The molecule has 3 aromatic rings. The highest BCUT2D eigenvalue weighted by atomic mass is 19.1. The molecule has 3 rings (SSSR count).